The van der Waals surface area contributed by atoms with E-state index in [9.17, 15) is 4.79 Å². The van der Waals surface area contributed by atoms with Crippen LogP contribution in [0.15, 0.2) is 79.3 Å². The average molecular weight is 384 g/mol. The lowest BCUT2D eigenvalue weighted by molar-refractivity contribution is -0.111. The Labute approximate surface area is 168 Å². The summed E-state index contributed by atoms with van der Waals surface area (Å²) in [4.78, 5) is 20.9. The van der Waals surface area contributed by atoms with E-state index in [0.29, 0.717) is 12.4 Å². The molecular weight excluding hydrogens is 364 g/mol. The predicted molar refractivity (Wildman–Crippen MR) is 114 cm³/mol. The van der Waals surface area contributed by atoms with Gasteiger partial charge in [0.2, 0.25) is 11.7 Å². The van der Waals surface area contributed by atoms with Crippen molar-refractivity contribution in [2.75, 3.05) is 11.9 Å². The second kappa shape index (κ2) is 8.39. The smallest absolute Gasteiger partial charge is 0.248 e. The first-order chi connectivity index (χ1) is 14.2. The molecule has 4 aromatic rings. The summed E-state index contributed by atoms with van der Waals surface area (Å²) >= 11 is 0. The summed E-state index contributed by atoms with van der Waals surface area (Å²) in [6, 6.07) is 17.0. The Hall–Kier alpha value is -3.93. The molecule has 144 valence electrons. The third-order valence-corrected chi connectivity index (χ3v) is 4.30. The summed E-state index contributed by atoms with van der Waals surface area (Å²) in [6.07, 6.45) is 8.83. The number of imidazole rings is 1. The first-order valence-electron chi connectivity index (χ1n) is 9.33. The van der Waals surface area contributed by atoms with Gasteiger partial charge in [-0.15, -0.1) is 0 Å². The summed E-state index contributed by atoms with van der Waals surface area (Å²) in [5.41, 5.74) is 3.44. The maximum absolute atomic E-state index is 12.2. The number of ether oxygens (including phenoxy) is 1. The minimum atomic E-state index is -0.191. The van der Waals surface area contributed by atoms with E-state index in [0.717, 1.165) is 28.3 Å². The van der Waals surface area contributed by atoms with Crippen LogP contribution in [0.25, 0.3) is 23.1 Å². The van der Waals surface area contributed by atoms with E-state index in [1.54, 1.807) is 12.3 Å². The third kappa shape index (κ3) is 4.50. The number of benzene rings is 2. The van der Waals surface area contributed by atoms with Crippen molar-refractivity contribution < 1.29 is 9.53 Å². The summed E-state index contributed by atoms with van der Waals surface area (Å²) in [6.45, 7) is 2.57. The van der Waals surface area contributed by atoms with Gasteiger partial charge in [-0.25, -0.2) is 9.97 Å². The Morgan fingerprint density at radius 3 is 2.66 bits per heavy atom. The third-order valence-electron chi connectivity index (χ3n) is 4.30. The lowest BCUT2D eigenvalue weighted by Crippen LogP contribution is -2.07. The van der Waals surface area contributed by atoms with E-state index in [1.807, 2.05) is 78.3 Å². The molecule has 4 rings (SSSR count). The van der Waals surface area contributed by atoms with Crippen LogP contribution in [0.4, 0.5) is 5.69 Å². The second-order valence-corrected chi connectivity index (χ2v) is 6.36. The number of aromatic nitrogens is 3. The monoisotopic (exact) mass is 384 g/mol. The van der Waals surface area contributed by atoms with Crippen LogP contribution in [-0.4, -0.2) is 26.9 Å². The van der Waals surface area contributed by atoms with E-state index in [1.165, 1.54) is 6.08 Å². The van der Waals surface area contributed by atoms with Crippen LogP contribution in [0.5, 0.6) is 5.75 Å². The molecule has 2 aromatic heterocycles. The van der Waals surface area contributed by atoms with Gasteiger partial charge < -0.3 is 10.1 Å². The van der Waals surface area contributed by atoms with Gasteiger partial charge >= 0.3 is 0 Å². The molecular formula is C23H20N4O2. The van der Waals surface area contributed by atoms with Gasteiger partial charge in [0.15, 0.2) is 0 Å². The highest BCUT2D eigenvalue weighted by atomic mass is 16.5. The van der Waals surface area contributed by atoms with Crippen molar-refractivity contribution in [1.29, 1.82) is 0 Å². The normalized spacial score (nSPS) is 11.1. The molecule has 0 saturated heterocycles. The van der Waals surface area contributed by atoms with Crippen molar-refractivity contribution in [3.05, 3.63) is 84.8 Å². The molecule has 0 fully saturated rings. The van der Waals surface area contributed by atoms with Crippen LogP contribution in [0.1, 0.15) is 12.5 Å². The highest BCUT2D eigenvalue weighted by molar-refractivity contribution is 6.02. The molecule has 0 aliphatic rings. The van der Waals surface area contributed by atoms with Gasteiger partial charge in [-0.3, -0.25) is 9.20 Å². The highest BCUT2D eigenvalue weighted by Gasteiger charge is 2.05. The van der Waals surface area contributed by atoms with Gasteiger partial charge in [-0.05, 0) is 48.9 Å². The zero-order valence-corrected chi connectivity index (χ0v) is 15.9. The minimum absolute atomic E-state index is 0.191. The Morgan fingerprint density at radius 2 is 1.93 bits per heavy atom. The fourth-order valence-corrected chi connectivity index (χ4v) is 2.89. The van der Waals surface area contributed by atoms with Gasteiger partial charge in [0, 0.05) is 35.9 Å². The fraction of sp³-hybridized carbons (Fsp3) is 0.0870. The molecule has 0 bridgehead atoms. The summed E-state index contributed by atoms with van der Waals surface area (Å²) in [7, 11) is 0. The molecule has 0 saturated carbocycles. The number of carbonyl (C=O) groups is 1. The van der Waals surface area contributed by atoms with Crippen LogP contribution in [0, 0.1) is 0 Å². The summed E-state index contributed by atoms with van der Waals surface area (Å²) in [5.74, 6) is 1.28. The van der Waals surface area contributed by atoms with E-state index in [4.69, 9.17) is 4.74 Å². The Morgan fingerprint density at radius 1 is 1.14 bits per heavy atom. The topological polar surface area (TPSA) is 68.5 Å². The molecule has 0 aliphatic heterocycles. The molecule has 0 aliphatic carbocycles. The number of nitrogens with zero attached hydrogens (tertiary/aromatic N) is 3. The number of amides is 1. The van der Waals surface area contributed by atoms with Gasteiger partial charge in [0.25, 0.3) is 0 Å². The summed E-state index contributed by atoms with van der Waals surface area (Å²) in [5, 5.41) is 2.86. The van der Waals surface area contributed by atoms with Crippen molar-refractivity contribution in [3.63, 3.8) is 0 Å². The quantitative estimate of drug-likeness (QED) is 0.499. The van der Waals surface area contributed by atoms with Crippen molar-refractivity contribution in [2.45, 2.75) is 6.92 Å². The lowest BCUT2D eigenvalue weighted by Gasteiger charge is -2.04. The first kappa shape index (κ1) is 18.4. The fourth-order valence-electron chi connectivity index (χ4n) is 2.89. The predicted octanol–water partition coefficient (Wildman–Crippen LogP) is 4.45. The number of carbonyl (C=O) groups excluding carboxylic acids is 1. The van der Waals surface area contributed by atoms with Crippen LogP contribution in [0.3, 0.4) is 0 Å². The van der Waals surface area contributed by atoms with Crippen molar-refractivity contribution in [3.8, 4) is 17.0 Å². The van der Waals surface area contributed by atoms with Crippen LogP contribution in [-0.2, 0) is 4.79 Å². The molecule has 0 radical (unpaired) electrons. The first-order valence-corrected chi connectivity index (χ1v) is 9.33. The average Bonchev–Trinajstić information content (AvgIpc) is 3.18. The van der Waals surface area contributed by atoms with Gasteiger partial charge in [-0.2, -0.15) is 0 Å². The zero-order valence-electron chi connectivity index (χ0n) is 15.9. The Kier molecular flexibility index (Phi) is 5.33. The maximum Gasteiger partial charge on any atom is 0.248 e. The SMILES string of the molecule is CCOc1ccc(/C=C/C(=O)Nc2ccc(-c3cn4cccnc4n3)cc2)cc1. The minimum Gasteiger partial charge on any atom is -0.494 e. The van der Waals surface area contributed by atoms with Crippen molar-refractivity contribution >= 4 is 23.4 Å². The maximum atomic E-state index is 12.2. The van der Waals surface area contributed by atoms with Gasteiger partial charge in [0.1, 0.15) is 5.75 Å². The number of nitrogens with one attached hydrogen (secondary N) is 1. The Balaban J connectivity index is 1.39. The summed E-state index contributed by atoms with van der Waals surface area (Å²) < 4.78 is 7.28. The van der Waals surface area contributed by atoms with E-state index in [-0.39, 0.29) is 5.91 Å². The number of anilines is 1. The van der Waals surface area contributed by atoms with Crippen LogP contribution in [0.2, 0.25) is 0 Å². The molecule has 29 heavy (non-hydrogen) atoms. The lowest BCUT2D eigenvalue weighted by atomic mass is 10.1. The zero-order chi connectivity index (χ0) is 20.1. The largest absolute Gasteiger partial charge is 0.494 e. The molecule has 2 heterocycles. The van der Waals surface area contributed by atoms with Crippen LogP contribution < -0.4 is 10.1 Å². The molecule has 0 atom stereocenters. The molecule has 1 amide bonds. The molecule has 2 aromatic carbocycles. The highest BCUT2D eigenvalue weighted by Crippen LogP contribution is 2.21. The molecule has 6 heteroatoms. The Bertz CT molecular complexity index is 1110. The van der Waals surface area contributed by atoms with Crippen molar-refractivity contribution in [2.24, 2.45) is 0 Å². The molecule has 1 N–H and O–H groups in total. The van der Waals surface area contributed by atoms with E-state index >= 15 is 0 Å². The molecule has 0 spiro atoms. The van der Waals surface area contributed by atoms with E-state index < -0.39 is 0 Å². The molecule has 6 nitrogen and oxygen atoms in total. The number of fused-ring (bicyclic) bond motifs is 1. The van der Waals surface area contributed by atoms with Crippen molar-refractivity contribution in [1.82, 2.24) is 14.4 Å². The number of rotatable bonds is 6. The standard InChI is InChI=1S/C23H20N4O2/c1-2-29-20-11-4-17(5-12-20)6-13-22(28)25-19-9-7-18(8-10-19)21-16-27-15-3-14-24-23(27)26-21/h3-16H,2H2,1H3,(H,25,28)/b13-6+. The second-order valence-electron chi connectivity index (χ2n) is 6.36. The van der Waals surface area contributed by atoms with Crippen LogP contribution >= 0.6 is 0 Å². The number of hydrogen-bond acceptors (Lipinski definition) is 4. The van der Waals surface area contributed by atoms with Gasteiger partial charge in [0.05, 0.1) is 12.3 Å². The number of hydrogen-bond donors (Lipinski definition) is 1. The van der Waals surface area contributed by atoms with E-state index in [2.05, 4.69) is 15.3 Å². The van der Waals surface area contributed by atoms with Gasteiger partial charge in [-0.1, -0.05) is 24.3 Å². The molecule has 0 unspecified atom stereocenters.